The van der Waals surface area contributed by atoms with Gasteiger partial charge in [-0.1, -0.05) is 48.0 Å². The molecule has 1 unspecified atom stereocenters. The van der Waals surface area contributed by atoms with E-state index in [1.165, 1.54) is 18.2 Å². The first-order valence-corrected chi connectivity index (χ1v) is 17.7. The van der Waals surface area contributed by atoms with Gasteiger partial charge >= 0.3 is 0 Å². The number of benzene rings is 3. The maximum absolute atomic E-state index is 13.2. The highest BCUT2D eigenvalue weighted by Gasteiger charge is 2.46. The van der Waals surface area contributed by atoms with Crippen LogP contribution in [0.3, 0.4) is 0 Å². The fraction of sp³-hybridized carbons (Fsp3) is 0.316. The molecule has 0 radical (unpaired) electrons. The van der Waals surface area contributed by atoms with Crippen molar-refractivity contribution in [2.24, 2.45) is 0 Å². The van der Waals surface area contributed by atoms with E-state index in [4.69, 9.17) is 30.5 Å². The highest BCUT2D eigenvalue weighted by molar-refractivity contribution is 6.31. The lowest BCUT2D eigenvalue weighted by Crippen LogP contribution is -2.54. The number of amides is 6. The molecule has 0 spiro atoms. The first-order chi connectivity index (χ1) is 26.2. The standard InChI is InChI=1S/C38H38ClN5O10/c39-24-9-10-27-26(21-24)32(23-5-2-1-3-6-23)34(42-27)36(48)41-14-16-52-18-20-53-19-17-51-15-13-40-31(46)22-54-29-8-4-7-25-33(29)38(50)44(37(25)49)28-11-12-30(45)43-35(28)47/h1-10,21,28,42H,11-20,22H2,(H,40,46)(H,41,48)(H,43,45,47). The number of nitrogens with zero attached hydrogens (tertiary/aromatic N) is 1. The van der Waals surface area contributed by atoms with Crippen LogP contribution < -0.4 is 20.7 Å². The van der Waals surface area contributed by atoms with Crippen LogP contribution in [-0.2, 0) is 28.6 Å². The Morgan fingerprint density at radius 3 is 2.22 bits per heavy atom. The minimum absolute atomic E-state index is 0.00518. The fourth-order valence-corrected chi connectivity index (χ4v) is 6.34. The Hall–Kier alpha value is -5.61. The zero-order valence-corrected chi connectivity index (χ0v) is 29.9. The summed E-state index contributed by atoms with van der Waals surface area (Å²) in [7, 11) is 0. The minimum atomic E-state index is -1.11. The molecule has 1 aromatic heterocycles. The second-order valence-corrected chi connectivity index (χ2v) is 12.7. The number of halogens is 1. The molecule has 2 aliphatic heterocycles. The number of ether oxygens (including phenoxy) is 4. The molecule has 15 nitrogen and oxygen atoms in total. The summed E-state index contributed by atoms with van der Waals surface area (Å²) in [5, 5.41) is 9.13. The Morgan fingerprint density at radius 2 is 1.50 bits per heavy atom. The van der Waals surface area contributed by atoms with Crippen molar-refractivity contribution in [2.75, 3.05) is 59.3 Å². The van der Waals surface area contributed by atoms with Gasteiger partial charge in [0.15, 0.2) is 6.61 Å². The van der Waals surface area contributed by atoms with E-state index in [2.05, 4.69) is 20.9 Å². The van der Waals surface area contributed by atoms with Crippen LogP contribution >= 0.6 is 11.6 Å². The Morgan fingerprint density at radius 1 is 0.796 bits per heavy atom. The van der Waals surface area contributed by atoms with Crippen LogP contribution in [0.25, 0.3) is 22.0 Å². The van der Waals surface area contributed by atoms with Gasteiger partial charge in [-0.05, 0) is 42.3 Å². The molecule has 6 rings (SSSR count). The Labute approximate surface area is 314 Å². The molecule has 2 aliphatic rings. The lowest BCUT2D eigenvalue weighted by molar-refractivity contribution is -0.136. The largest absolute Gasteiger partial charge is 0.483 e. The topological polar surface area (TPSA) is 194 Å². The summed E-state index contributed by atoms with van der Waals surface area (Å²) in [6, 6.07) is 18.4. The third-order valence-electron chi connectivity index (χ3n) is 8.68. The molecule has 4 aromatic rings. The number of aromatic amines is 1. The average Bonchev–Trinajstić information content (AvgIpc) is 3.67. The summed E-state index contributed by atoms with van der Waals surface area (Å²) in [6.45, 7) is 1.85. The number of hydrogen-bond donors (Lipinski definition) is 4. The van der Waals surface area contributed by atoms with E-state index in [9.17, 15) is 28.8 Å². The number of nitrogens with one attached hydrogen (secondary N) is 4. The maximum atomic E-state index is 13.2. The number of hydrogen-bond acceptors (Lipinski definition) is 10. The highest BCUT2D eigenvalue weighted by Crippen LogP contribution is 2.35. The number of H-pyrrole nitrogens is 1. The molecular weight excluding hydrogens is 722 g/mol. The number of imide groups is 2. The van der Waals surface area contributed by atoms with E-state index in [0.29, 0.717) is 43.7 Å². The first kappa shape index (κ1) is 38.1. The normalized spacial score (nSPS) is 15.4. The Kier molecular flexibility index (Phi) is 12.7. The van der Waals surface area contributed by atoms with E-state index in [0.717, 1.165) is 26.9 Å². The van der Waals surface area contributed by atoms with Crippen LogP contribution in [0, 0.1) is 0 Å². The lowest BCUT2D eigenvalue weighted by Gasteiger charge is -2.27. The van der Waals surface area contributed by atoms with E-state index >= 15 is 0 Å². The van der Waals surface area contributed by atoms with Gasteiger partial charge in [0.2, 0.25) is 11.8 Å². The summed E-state index contributed by atoms with van der Waals surface area (Å²) in [6.07, 6.45) is 0.0347. The molecule has 4 N–H and O–H groups in total. The molecule has 3 heterocycles. The van der Waals surface area contributed by atoms with E-state index in [-0.39, 0.29) is 55.4 Å². The molecule has 3 aromatic carbocycles. The quantitative estimate of drug-likeness (QED) is 0.0866. The molecule has 54 heavy (non-hydrogen) atoms. The third-order valence-corrected chi connectivity index (χ3v) is 8.92. The smallest absolute Gasteiger partial charge is 0.268 e. The van der Waals surface area contributed by atoms with Crippen molar-refractivity contribution in [3.8, 4) is 16.9 Å². The van der Waals surface area contributed by atoms with Crippen molar-refractivity contribution in [1.82, 2.24) is 25.8 Å². The fourth-order valence-electron chi connectivity index (χ4n) is 6.17. The first-order valence-electron chi connectivity index (χ1n) is 17.3. The average molecular weight is 760 g/mol. The number of rotatable bonds is 18. The van der Waals surface area contributed by atoms with Gasteiger partial charge in [-0.3, -0.25) is 39.0 Å². The van der Waals surface area contributed by atoms with Crippen molar-refractivity contribution in [3.63, 3.8) is 0 Å². The highest BCUT2D eigenvalue weighted by atomic mass is 35.5. The zero-order chi connectivity index (χ0) is 38.0. The van der Waals surface area contributed by atoms with Crippen LogP contribution in [-0.4, -0.2) is 111 Å². The molecule has 6 amide bonds. The van der Waals surface area contributed by atoms with Crippen molar-refractivity contribution in [1.29, 1.82) is 0 Å². The number of piperidine rings is 1. The summed E-state index contributed by atoms with van der Waals surface area (Å²) in [4.78, 5) is 79.4. The molecule has 282 valence electrons. The van der Waals surface area contributed by atoms with Crippen molar-refractivity contribution < 1.29 is 47.7 Å². The predicted molar refractivity (Wildman–Crippen MR) is 195 cm³/mol. The zero-order valence-electron chi connectivity index (χ0n) is 29.1. The van der Waals surface area contributed by atoms with Gasteiger partial charge < -0.3 is 34.6 Å². The van der Waals surface area contributed by atoms with Gasteiger partial charge in [-0.15, -0.1) is 0 Å². The molecule has 0 saturated carbocycles. The predicted octanol–water partition coefficient (Wildman–Crippen LogP) is 2.86. The Bertz CT molecular complexity index is 2050. The van der Waals surface area contributed by atoms with Crippen LogP contribution in [0.1, 0.15) is 44.0 Å². The number of aromatic nitrogens is 1. The number of fused-ring (bicyclic) bond motifs is 2. The lowest BCUT2D eigenvalue weighted by atomic mass is 10.0. The third kappa shape index (κ3) is 8.94. The molecule has 16 heteroatoms. The van der Waals surface area contributed by atoms with E-state index < -0.39 is 42.2 Å². The molecule has 0 aliphatic carbocycles. The van der Waals surface area contributed by atoms with Crippen LogP contribution in [0.15, 0.2) is 66.7 Å². The van der Waals surface area contributed by atoms with Gasteiger partial charge in [-0.25, -0.2) is 0 Å². The molecule has 1 atom stereocenters. The monoisotopic (exact) mass is 759 g/mol. The molecule has 1 fully saturated rings. The van der Waals surface area contributed by atoms with E-state index in [1.54, 1.807) is 6.07 Å². The van der Waals surface area contributed by atoms with Gasteiger partial charge in [0.1, 0.15) is 17.5 Å². The Balaban J connectivity index is 0.815. The number of carbonyl (C=O) groups excluding carboxylic acids is 6. The second kappa shape index (κ2) is 17.9. The van der Waals surface area contributed by atoms with Crippen LogP contribution in [0.4, 0.5) is 0 Å². The molecule has 1 saturated heterocycles. The maximum Gasteiger partial charge on any atom is 0.268 e. The summed E-state index contributed by atoms with van der Waals surface area (Å²) < 4.78 is 22.1. The molecular formula is C38H38ClN5O10. The molecule has 0 bridgehead atoms. The van der Waals surface area contributed by atoms with Gasteiger partial charge in [0, 0.05) is 41.0 Å². The van der Waals surface area contributed by atoms with Gasteiger partial charge in [0.05, 0.1) is 50.8 Å². The van der Waals surface area contributed by atoms with Crippen LogP contribution in [0.2, 0.25) is 5.02 Å². The van der Waals surface area contributed by atoms with Crippen molar-refractivity contribution in [2.45, 2.75) is 18.9 Å². The van der Waals surface area contributed by atoms with Crippen LogP contribution in [0.5, 0.6) is 5.75 Å². The second-order valence-electron chi connectivity index (χ2n) is 12.3. The minimum Gasteiger partial charge on any atom is -0.483 e. The van der Waals surface area contributed by atoms with Gasteiger partial charge in [-0.2, -0.15) is 0 Å². The summed E-state index contributed by atoms with van der Waals surface area (Å²) in [5.41, 5.74) is 2.96. The van der Waals surface area contributed by atoms with Gasteiger partial charge in [0.25, 0.3) is 23.6 Å². The van der Waals surface area contributed by atoms with Crippen molar-refractivity contribution in [3.05, 3.63) is 88.6 Å². The SMILES string of the molecule is O=C(COc1cccc2c1C(=O)N(C1CCC(=O)NC1=O)C2=O)NCCOCCOCCOCCNC(=O)c1[nH]c2ccc(Cl)cc2c1-c1ccccc1. The van der Waals surface area contributed by atoms with Crippen molar-refractivity contribution >= 4 is 57.9 Å². The summed E-state index contributed by atoms with van der Waals surface area (Å²) in [5.74, 6) is -3.26. The summed E-state index contributed by atoms with van der Waals surface area (Å²) >= 11 is 6.24. The number of carbonyl (C=O) groups is 6. The van der Waals surface area contributed by atoms with E-state index in [1.807, 2.05) is 42.5 Å².